The molecule has 0 amide bonds. The third kappa shape index (κ3) is 2.06. The molecule has 3 N–H and O–H groups in total. The van der Waals surface area contributed by atoms with Crippen molar-refractivity contribution >= 4 is 28.3 Å². The van der Waals surface area contributed by atoms with E-state index in [1.54, 1.807) is 13.2 Å². The number of nitrogen functional groups attached to an aromatic ring is 1. The Labute approximate surface area is 92.4 Å². The number of methoxy groups -OCH3 is 1. The number of imidazole rings is 1. The Morgan fingerprint density at radius 3 is 3.07 bits per heavy atom. The summed E-state index contributed by atoms with van der Waals surface area (Å²) in [6, 6.07) is 3.52. The predicted molar refractivity (Wildman–Crippen MR) is 61.1 cm³/mol. The van der Waals surface area contributed by atoms with Crippen LogP contribution in [0.1, 0.15) is 5.82 Å². The van der Waals surface area contributed by atoms with E-state index < -0.39 is 0 Å². The fourth-order valence-corrected chi connectivity index (χ4v) is 1.70. The lowest BCUT2D eigenvalue weighted by molar-refractivity contribution is 0.201. The molecular formula is C10H12ClN3O. The summed E-state index contributed by atoms with van der Waals surface area (Å²) in [5, 5.41) is 0.613. The van der Waals surface area contributed by atoms with Crippen LogP contribution in [0.5, 0.6) is 0 Å². The van der Waals surface area contributed by atoms with Gasteiger partial charge in [0.05, 0.1) is 17.8 Å². The van der Waals surface area contributed by atoms with Gasteiger partial charge in [0, 0.05) is 18.6 Å². The Morgan fingerprint density at radius 2 is 2.33 bits per heavy atom. The minimum atomic E-state index is 0.595. The van der Waals surface area contributed by atoms with Crippen molar-refractivity contribution in [2.75, 3.05) is 19.5 Å². The standard InChI is InChI=1S/C10H12ClN3O/c1-15-3-2-9-13-8-5-6(11)4-7(12)10(8)14-9/h4-5H,2-3,12H2,1H3,(H,13,14). The molecule has 0 saturated heterocycles. The molecule has 0 bridgehead atoms. The lowest BCUT2D eigenvalue weighted by Crippen LogP contribution is -1.95. The molecule has 15 heavy (non-hydrogen) atoms. The zero-order valence-corrected chi connectivity index (χ0v) is 9.14. The molecule has 1 aromatic heterocycles. The fourth-order valence-electron chi connectivity index (χ4n) is 1.48. The van der Waals surface area contributed by atoms with Gasteiger partial charge in [0.25, 0.3) is 0 Å². The highest BCUT2D eigenvalue weighted by molar-refractivity contribution is 6.31. The van der Waals surface area contributed by atoms with E-state index in [1.807, 2.05) is 6.07 Å². The number of nitrogens with one attached hydrogen (secondary N) is 1. The van der Waals surface area contributed by atoms with Gasteiger partial charge >= 0.3 is 0 Å². The van der Waals surface area contributed by atoms with Crippen molar-refractivity contribution in [1.82, 2.24) is 9.97 Å². The SMILES string of the molecule is COCCc1nc2c(N)cc(Cl)cc2[nH]1. The number of ether oxygens (including phenoxy) is 1. The molecule has 0 aliphatic rings. The molecule has 80 valence electrons. The quantitative estimate of drug-likeness (QED) is 0.786. The average Bonchev–Trinajstić information content (AvgIpc) is 2.57. The summed E-state index contributed by atoms with van der Waals surface area (Å²) < 4.78 is 4.98. The zero-order valence-electron chi connectivity index (χ0n) is 8.38. The van der Waals surface area contributed by atoms with Crippen LogP contribution in [0, 0.1) is 0 Å². The maximum absolute atomic E-state index is 5.89. The van der Waals surface area contributed by atoms with Crippen LogP contribution in [-0.2, 0) is 11.2 Å². The molecule has 2 aromatic rings. The lowest BCUT2D eigenvalue weighted by atomic mass is 10.3. The summed E-state index contributed by atoms with van der Waals surface area (Å²) in [6.07, 6.45) is 0.738. The van der Waals surface area contributed by atoms with E-state index >= 15 is 0 Å². The molecule has 0 unspecified atom stereocenters. The van der Waals surface area contributed by atoms with Gasteiger partial charge in [0.2, 0.25) is 0 Å². The lowest BCUT2D eigenvalue weighted by Gasteiger charge is -1.94. The number of anilines is 1. The maximum atomic E-state index is 5.89. The smallest absolute Gasteiger partial charge is 0.112 e. The first-order valence-corrected chi connectivity index (χ1v) is 5.01. The van der Waals surface area contributed by atoms with E-state index in [0.717, 1.165) is 23.3 Å². The van der Waals surface area contributed by atoms with Crippen LogP contribution in [0.4, 0.5) is 5.69 Å². The average molecular weight is 226 g/mol. The fraction of sp³-hybridized carbons (Fsp3) is 0.300. The minimum absolute atomic E-state index is 0.595. The van der Waals surface area contributed by atoms with Gasteiger partial charge in [0.15, 0.2) is 0 Å². The van der Waals surface area contributed by atoms with Gasteiger partial charge in [-0.3, -0.25) is 0 Å². The minimum Gasteiger partial charge on any atom is -0.397 e. The molecule has 0 radical (unpaired) electrons. The summed E-state index contributed by atoms with van der Waals surface area (Å²) in [5.74, 6) is 0.862. The molecule has 1 aromatic carbocycles. The summed E-state index contributed by atoms with van der Waals surface area (Å²) in [4.78, 5) is 7.53. The number of nitrogens with zero attached hydrogens (tertiary/aromatic N) is 1. The molecule has 0 aliphatic carbocycles. The van der Waals surface area contributed by atoms with Crippen LogP contribution in [-0.4, -0.2) is 23.7 Å². The van der Waals surface area contributed by atoms with Crippen molar-refractivity contribution in [2.24, 2.45) is 0 Å². The second-order valence-electron chi connectivity index (χ2n) is 3.32. The molecule has 0 fully saturated rings. The molecule has 0 atom stereocenters. The highest BCUT2D eigenvalue weighted by Gasteiger charge is 2.06. The van der Waals surface area contributed by atoms with Crippen LogP contribution in [0.25, 0.3) is 11.0 Å². The van der Waals surface area contributed by atoms with E-state index in [2.05, 4.69) is 9.97 Å². The number of fused-ring (bicyclic) bond motifs is 1. The molecular weight excluding hydrogens is 214 g/mol. The summed E-state index contributed by atoms with van der Waals surface area (Å²) in [6.45, 7) is 0.632. The first-order valence-electron chi connectivity index (χ1n) is 4.63. The van der Waals surface area contributed by atoms with Gasteiger partial charge < -0.3 is 15.5 Å². The summed E-state index contributed by atoms with van der Waals surface area (Å²) in [5.41, 5.74) is 8.03. The van der Waals surface area contributed by atoms with E-state index in [0.29, 0.717) is 17.3 Å². The van der Waals surface area contributed by atoms with E-state index in [1.165, 1.54) is 0 Å². The number of aromatic nitrogens is 2. The van der Waals surface area contributed by atoms with Crippen molar-refractivity contribution < 1.29 is 4.74 Å². The molecule has 1 heterocycles. The number of hydrogen-bond acceptors (Lipinski definition) is 3. The second-order valence-corrected chi connectivity index (χ2v) is 3.75. The number of H-pyrrole nitrogens is 1. The Bertz CT molecular complexity index is 481. The van der Waals surface area contributed by atoms with Gasteiger partial charge in [-0.2, -0.15) is 0 Å². The Kier molecular flexibility index (Phi) is 2.79. The molecule has 5 heteroatoms. The van der Waals surface area contributed by atoms with E-state index in [-0.39, 0.29) is 0 Å². The van der Waals surface area contributed by atoms with Crippen LogP contribution in [0.2, 0.25) is 5.02 Å². The van der Waals surface area contributed by atoms with Gasteiger partial charge in [-0.15, -0.1) is 0 Å². The number of benzene rings is 1. The van der Waals surface area contributed by atoms with Gasteiger partial charge in [-0.1, -0.05) is 11.6 Å². The van der Waals surface area contributed by atoms with Crippen LogP contribution in [0.3, 0.4) is 0 Å². The normalized spacial score (nSPS) is 11.1. The molecule has 2 rings (SSSR count). The monoisotopic (exact) mass is 225 g/mol. The topological polar surface area (TPSA) is 63.9 Å². The predicted octanol–water partition coefficient (Wildman–Crippen LogP) is 1.99. The highest BCUT2D eigenvalue weighted by atomic mass is 35.5. The van der Waals surface area contributed by atoms with Crippen molar-refractivity contribution in [3.63, 3.8) is 0 Å². The summed E-state index contributed by atoms with van der Waals surface area (Å²) >= 11 is 5.89. The van der Waals surface area contributed by atoms with Gasteiger partial charge in [0.1, 0.15) is 11.3 Å². The Hall–Kier alpha value is -1.26. The molecule has 0 aliphatic heterocycles. The Morgan fingerprint density at radius 1 is 1.53 bits per heavy atom. The molecule has 4 nitrogen and oxygen atoms in total. The first-order chi connectivity index (χ1) is 7.20. The number of halogens is 1. The third-order valence-electron chi connectivity index (χ3n) is 2.17. The van der Waals surface area contributed by atoms with Crippen molar-refractivity contribution in [3.8, 4) is 0 Å². The van der Waals surface area contributed by atoms with E-state index in [9.17, 15) is 0 Å². The maximum Gasteiger partial charge on any atom is 0.112 e. The van der Waals surface area contributed by atoms with Gasteiger partial charge in [-0.25, -0.2) is 4.98 Å². The molecule has 0 saturated carbocycles. The molecule has 0 spiro atoms. The van der Waals surface area contributed by atoms with Crippen LogP contribution in [0.15, 0.2) is 12.1 Å². The highest BCUT2D eigenvalue weighted by Crippen LogP contribution is 2.23. The van der Waals surface area contributed by atoms with Crippen molar-refractivity contribution in [3.05, 3.63) is 23.0 Å². The Balaban J connectivity index is 2.41. The zero-order chi connectivity index (χ0) is 10.8. The summed E-state index contributed by atoms with van der Waals surface area (Å²) in [7, 11) is 1.66. The largest absolute Gasteiger partial charge is 0.397 e. The van der Waals surface area contributed by atoms with Crippen LogP contribution < -0.4 is 5.73 Å². The number of rotatable bonds is 3. The number of nitrogens with two attached hydrogens (primary N) is 1. The number of hydrogen-bond donors (Lipinski definition) is 2. The first kappa shape index (κ1) is 10.3. The van der Waals surface area contributed by atoms with Gasteiger partial charge in [-0.05, 0) is 12.1 Å². The number of aromatic amines is 1. The van der Waals surface area contributed by atoms with Crippen molar-refractivity contribution in [2.45, 2.75) is 6.42 Å². The van der Waals surface area contributed by atoms with Crippen molar-refractivity contribution in [1.29, 1.82) is 0 Å². The third-order valence-corrected chi connectivity index (χ3v) is 2.39. The van der Waals surface area contributed by atoms with E-state index in [4.69, 9.17) is 22.1 Å². The van der Waals surface area contributed by atoms with Crippen LogP contribution >= 0.6 is 11.6 Å². The second kappa shape index (κ2) is 4.08.